The van der Waals surface area contributed by atoms with Crippen LogP contribution in [0.3, 0.4) is 0 Å². The zero-order chi connectivity index (χ0) is 16.7. The molecular formula is C16H23Cl2IN4O. The van der Waals surface area contributed by atoms with E-state index < -0.39 is 0 Å². The van der Waals surface area contributed by atoms with Gasteiger partial charge in [0.2, 0.25) is 0 Å². The van der Waals surface area contributed by atoms with Crippen LogP contribution >= 0.6 is 47.2 Å². The maximum Gasteiger partial charge on any atom is 0.251 e. The maximum absolute atomic E-state index is 12.0. The quantitative estimate of drug-likeness (QED) is 0.258. The van der Waals surface area contributed by atoms with Gasteiger partial charge in [0.15, 0.2) is 5.96 Å². The number of nitrogens with zero attached hydrogens (tertiary/aromatic N) is 1. The van der Waals surface area contributed by atoms with Gasteiger partial charge in [-0.15, -0.1) is 24.0 Å². The minimum absolute atomic E-state index is 0. The Labute approximate surface area is 169 Å². The molecule has 0 aliphatic heterocycles. The van der Waals surface area contributed by atoms with Gasteiger partial charge < -0.3 is 16.4 Å². The van der Waals surface area contributed by atoms with Gasteiger partial charge in [0, 0.05) is 18.2 Å². The highest BCUT2D eigenvalue weighted by Crippen LogP contribution is 2.22. The topological polar surface area (TPSA) is 79.5 Å². The van der Waals surface area contributed by atoms with E-state index in [4.69, 9.17) is 28.9 Å². The highest BCUT2D eigenvalue weighted by molar-refractivity contribution is 14.0. The van der Waals surface area contributed by atoms with Gasteiger partial charge in [0.1, 0.15) is 0 Å². The number of aliphatic imine (C=N–C) groups is 1. The maximum atomic E-state index is 12.0. The van der Waals surface area contributed by atoms with Crippen molar-refractivity contribution in [1.82, 2.24) is 10.6 Å². The predicted octanol–water partition coefficient (Wildman–Crippen LogP) is 3.58. The molecule has 1 fully saturated rings. The lowest BCUT2D eigenvalue weighted by molar-refractivity contribution is 0.0955. The molecule has 0 spiro atoms. The second kappa shape index (κ2) is 11.0. The third-order valence-electron chi connectivity index (χ3n) is 3.82. The van der Waals surface area contributed by atoms with Crippen molar-refractivity contribution < 1.29 is 4.79 Å². The number of guanidine groups is 1. The zero-order valence-electron chi connectivity index (χ0n) is 13.4. The van der Waals surface area contributed by atoms with Gasteiger partial charge >= 0.3 is 0 Å². The number of carbonyl (C=O) groups excluding carboxylic acids is 1. The summed E-state index contributed by atoms with van der Waals surface area (Å²) in [7, 11) is 0. The molecule has 1 aromatic carbocycles. The number of benzene rings is 1. The number of amides is 1. The summed E-state index contributed by atoms with van der Waals surface area (Å²) >= 11 is 11.7. The van der Waals surface area contributed by atoms with Crippen LogP contribution in [0.25, 0.3) is 0 Å². The standard InChI is InChI=1S/C16H22Cl2N4O.HI/c17-13-7-6-11(10-14(13)18)15(23)20-8-9-21-16(19)22-12-4-2-1-3-5-12;/h6-7,10,12H,1-5,8-9H2,(H,20,23)(H3,19,21,22);1H. The summed E-state index contributed by atoms with van der Waals surface area (Å²) in [5.74, 6) is 0.235. The molecule has 24 heavy (non-hydrogen) atoms. The van der Waals surface area contributed by atoms with Crippen LogP contribution in [-0.2, 0) is 0 Å². The minimum Gasteiger partial charge on any atom is -0.370 e. The monoisotopic (exact) mass is 484 g/mol. The first-order chi connectivity index (χ1) is 11.1. The summed E-state index contributed by atoms with van der Waals surface area (Å²) in [6, 6.07) is 5.20. The van der Waals surface area contributed by atoms with Crippen molar-refractivity contribution in [1.29, 1.82) is 0 Å². The summed E-state index contributed by atoms with van der Waals surface area (Å²) in [5.41, 5.74) is 6.33. The van der Waals surface area contributed by atoms with Crippen molar-refractivity contribution in [2.24, 2.45) is 10.7 Å². The first kappa shape index (κ1) is 21.3. The number of hydrogen-bond acceptors (Lipinski definition) is 2. The fraction of sp³-hybridized carbons (Fsp3) is 0.500. The molecule has 0 atom stereocenters. The Kier molecular flexibility index (Phi) is 9.76. The lowest BCUT2D eigenvalue weighted by Crippen LogP contribution is -2.41. The van der Waals surface area contributed by atoms with E-state index in [1.54, 1.807) is 18.2 Å². The lowest BCUT2D eigenvalue weighted by atomic mass is 9.96. The second-order valence-corrected chi connectivity index (χ2v) is 6.45. The van der Waals surface area contributed by atoms with Crippen LogP contribution in [0.4, 0.5) is 0 Å². The Balaban J connectivity index is 0.00000288. The van der Waals surface area contributed by atoms with E-state index in [1.165, 1.54) is 19.3 Å². The normalized spacial score (nSPS) is 15.5. The van der Waals surface area contributed by atoms with Gasteiger partial charge in [-0.2, -0.15) is 0 Å². The van der Waals surface area contributed by atoms with Crippen LogP contribution in [0.1, 0.15) is 42.5 Å². The van der Waals surface area contributed by atoms with Crippen molar-refractivity contribution in [2.45, 2.75) is 38.1 Å². The number of halogens is 3. The molecule has 134 valence electrons. The van der Waals surface area contributed by atoms with Crippen molar-refractivity contribution in [3.8, 4) is 0 Å². The Morgan fingerprint density at radius 1 is 1.21 bits per heavy atom. The van der Waals surface area contributed by atoms with Gasteiger partial charge in [-0.05, 0) is 31.0 Å². The molecule has 4 N–H and O–H groups in total. The summed E-state index contributed by atoms with van der Waals surface area (Å²) in [5, 5.41) is 6.79. The van der Waals surface area contributed by atoms with Crippen molar-refractivity contribution in [3.63, 3.8) is 0 Å². The fourth-order valence-corrected chi connectivity index (χ4v) is 2.89. The molecule has 0 aromatic heterocycles. The highest BCUT2D eigenvalue weighted by Gasteiger charge is 2.13. The largest absolute Gasteiger partial charge is 0.370 e. The molecule has 0 unspecified atom stereocenters. The minimum atomic E-state index is -0.211. The van der Waals surface area contributed by atoms with Gasteiger partial charge in [-0.1, -0.05) is 42.5 Å². The molecular weight excluding hydrogens is 462 g/mol. The van der Waals surface area contributed by atoms with E-state index in [0.717, 1.165) is 12.8 Å². The van der Waals surface area contributed by atoms with E-state index in [0.29, 0.717) is 40.7 Å². The molecule has 0 radical (unpaired) electrons. The van der Waals surface area contributed by atoms with E-state index in [9.17, 15) is 4.79 Å². The van der Waals surface area contributed by atoms with E-state index in [-0.39, 0.29) is 29.9 Å². The Morgan fingerprint density at radius 2 is 1.92 bits per heavy atom. The average molecular weight is 485 g/mol. The van der Waals surface area contributed by atoms with Crippen LogP contribution in [0.15, 0.2) is 23.2 Å². The molecule has 8 heteroatoms. The summed E-state index contributed by atoms with van der Waals surface area (Å²) in [6.45, 7) is 0.838. The lowest BCUT2D eigenvalue weighted by Gasteiger charge is -2.23. The molecule has 2 rings (SSSR count). The summed E-state index contributed by atoms with van der Waals surface area (Å²) in [6.07, 6.45) is 6.07. The molecule has 1 aromatic rings. The molecule has 1 aliphatic rings. The first-order valence-electron chi connectivity index (χ1n) is 7.86. The molecule has 1 amide bonds. The van der Waals surface area contributed by atoms with Gasteiger partial charge in [-0.25, -0.2) is 0 Å². The Bertz CT molecular complexity index is 577. The first-order valence-corrected chi connectivity index (χ1v) is 8.61. The fourth-order valence-electron chi connectivity index (χ4n) is 2.59. The number of nitrogens with two attached hydrogens (primary N) is 1. The van der Waals surface area contributed by atoms with E-state index >= 15 is 0 Å². The zero-order valence-corrected chi connectivity index (χ0v) is 17.2. The Hall–Kier alpha value is -0.730. The Morgan fingerprint density at radius 3 is 2.58 bits per heavy atom. The van der Waals surface area contributed by atoms with Crippen LogP contribution in [-0.4, -0.2) is 31.0 Å². The van der Waals surface area contributed by atoms with Crippen LogP contribution in [0, 0.1) is 0 Å². The van der Waals surface area contributed by atoms with E-state index in [2.05, 4.69) is 15.6 Å². The van der Waals surface area contributed by atoms with E-state index in [1.807, 2.05) is 0 Å². The van der Waals surface area contributed by atoms with Gasteiger partial charge in [0.25, 0.3) is 5.91 Å². The molecule has 0 bridgehead atoms. The number of rotatable bonds is 5. The van der Waals surface area contributed by atoms with Crippen LogP contribution < -0.4 is 16.4 Å². The SMILES string of the molecule is I.NC(=NCCNC(=O)c1ccc(Cl)c(Cl)c1)NC1CCCCC1. The van der Waals surface area contributed by atoms with Crippen molar-refractivity contribution in [2.75, 3.05) is 13.1 Å². The number of carbonyl (C=O) groups is 1. The highest BCUT2D eigenvalue weighted by atomic mass is 127. The van der Waals surface area contributed by atoms with Crippen LogP contribution in [0.5, 0.6) is 0 Å². The number of hydrogen-bond donors (Lipinski definition) is 3. The van der Waals surface area contributed by atoms with Crippen molar-refractivity contribution >= 4 is 59.0 Å². The third kappa shape index (κ3) is 7.03. The molecule has 1 saturated carbocycles. The summed E-state index contributed by atoms with van der Waals surface area (Å²) in [4.78, 5) is 16.2. The van der Waals surface area contributed by atoms with Gasteiger partial charge in [0.05, 0.1) is 16.6 Å². The van der Waals surface area contributed by atoms with Crippen molar-refractivity contribution in [3.05, 3.63) is 33.8 Å². The van der Waals surface area contributed by atoms with Gasteiger partial charge in [-0.3, -0.25) is 9.79 Å². The molecule has 1 aliphatic carbocycles. The molecule has 5 nitrogen and oxygen atoms in total. The summed E-state index contributed by atoms with van der Waals surface area (Å²) < 4.78 is 0. The smallest absolute Gasteiger partial charge is 0.251 e. The number of nitrogens with one attached hydrogen (secondary N) is 2. The molecule has 0 heterocycles. The molecule has 0 saturated heterocycles. The average Bonchev–Trinajstić information content (AvgIpc) is 2.55. The predicted molar refractivity (Wildman–Crippen MR) is 111 cm³/mol. The third-order valence-corrected chi connectivity index (χ3v) is 4.56. The second-order valence-electron chi connectivity index (χ2n) is 5.63. The van der Waals surface area contributed by atoms with Crippen LogP contribution in [0.2, 0.25) is 10.0 Å².